The Kier molecular flexibility index (Phi) is 2.33. The van der Waals surface area contributed by atoms with Gasteiger partial charge < -0.3 is 4.74 Å². The average molecular weight is 141 g/mol. The molecule has 0 aromatic heterocycles. The van der Waals surface area contributed by atoms with Gasteiger partial charge in [-0.25, -0.2) is 0 Å². The van der Waals surface area contributed by atoms with Gasteiger partial charge in [0.1, 0.15) is 6.61 Å². The Labute approximate surface area is 62.5 Å². The average Bonchev–Trinajstić information content (AvgIpc) is 2.68. The highest BCUT2D eigenvalue weighted by atomic mass is 16.5. The summed E-state index contributed by atoms with van der Waals surface area (Å²) < 4.78 is 5.07. The summed E-state index contributed by atoms with van der Waals surface area (Å²) in [7, 11) is 2.12. The third-order valence-electron chi connectivity index (χ3n) is 1.94. The summed E-state index contributed by atoms with van der Waals surface area (Å²) in [6.07, 6.45) is 3.90. The summed E-state index contributed by atoms with van der Waals surface area (Å²) in [5.74, 6) is 0. The van der Waals surface area contributed by atoms with Crippen molar-refractivity contribution in [3.8, 4) is 0 Å². The van der Waals surface area contributed by atoms with Crippen molar-refractivity contribution in [2.75, 3.05) is 13.7 Å². The summed E-state index contributed by atoms with van der Waals surface area (Å²) >= 11 is 0. The van der Waals surface area contributed by atoms with E-state index in [1.54, 1.807) is 6.26 Å². The van der Waals surface area contributed by atoms with Gasteiger partial charge in [0, 0.05) is 0 Å². The molecule has 3 atom stereocenters. The number of rotatable bonds is 0. The Morgan fingerprint density at radius 3 is 2.60 bits per heavy atom. The van der Waals surface area contributed by atoms with Crippen LogP contribution in [0.25, 0.3) is 0 Å². The Balaban J connectivity index is 0.000000231. The van der Waals surface area contributed by atoms with Crippen LogP contribution in [0.2, 0.25) is 0 Å². The molecule has 2 heterocycles. The molecular weight excluding hydrogens is 126 g/mol. The van der Waals surface area contributed by atoms with Gasteiger partial charge in [0.15, 0.2) is 0 Å². The van der Waals surface area contributed by atoms with Gasteiger partial charge in [-0.05, 0) is 13.1 Å². The third-order valence-corrected chi connectivity index (χ3v) is 1.94. The molecular formula is C8H15NO. The van der Waals surface area contributed by atoms with Gasteiger partial charge in [-0.2, -0.15) is 0 Å². The summed E-state index contributed by atoms with van der Waals surface area (Å²) in [5.41, 5.74) is 0. The van der Waals surface area contributed by atoms with Gasteiger partial charge in [0.05, 0.1) is 18.3 Å². The molecule has 0 N–H and O–H groups in total. The van der Waals surface area contributed by atoms with E-state index in [0.717, 1.165) is 6.61 Å². The molecule has 0 saturated carbocycles. The van der Waals surface area contributed by atoms with Gasteiger partial charge in [-0.3, -0.25) is 4.90 Å². The van der Waals surface area contributed by atoms with Crippen molar-refractivity contribution in [3.05, 3.63) is 12.3 Å². The van der Waals surface area contributed by atoms with Gasteiger partial charge >= 0.3 is 0 Å². The topological polar surface area (TPSA) is 12.2 Å². The van der Waals surface area contributed by atoms with Crippen LogP contribution in [0.15, 0.2) is 12.3 Å². The van der Waals surface area contributed by atoms with E-state index in [2.05, 4.69) is 18.0 Å². The lowest BCUT2D eigenvalue weighted by atomic mass is 10.3. The second-order valence-electron chi connectivity index (χ2n) is 2.39. The second-order valence-corrected chi connectivity index (χ2v) is 2.39. The van der Waals surface area contributed by atoms with Crippen LogP contribution in [0.4, 0.5) is 0 Å². The predicted molar refractivity (Wildman–Crippen MR) is 41.8 cm³/mol. The van der Waals surface area contributed by atoms with Crippen LogP contribution < -0.4 is 0 Å². The van der Waals surface area contributed by atoms with E-state index in [1.165, 1.54) is 0 Å². The van der Waals surface area contributed by atoms with Crippen LogP contribution in [0.5, 0.6) is 0 Å². The molecule has 0 aromatic carbocycles. The molecule has 2 heteroatoms. The lowest BCUT2D eigenvalue weighted by Gasteiger charge is -1.99. The molecule has 0 radical (unpaired) electrons. The van der Waals surface area contributed by atoms with E-state index < -0.39 is 0 Å². The Morgan fingerprint density at radius 2 is 2.20 bits per heavy atom. The number of hydrogen-bond donors (Lipinski definition) is 0. The Hall–Kier alpha value is -0.500. The molecule has 2 aliphatic rings. The molecule has 58 valence electrons. The van der Waals surface area contributed by atoms with Crippen molar-refractivity contribution in [2.24, 2.45) is 0 Å². The highest BCUT2D eigenvalue weighted by Crippen LogP contribution is 2.29. The highest BCUT2D eigenvalue weighted by molar-refractivity contribution is 5.13. The lowest BCUT2D eigenvalue weighted by Crippen LogP contribution is -2.05. The summed E-state index contributed by atoms with van der Waals surface area (Å²) in [5, 5.41) is 0. The van der Waals surface area contributed by atoms with Gasteiger partial charge in [-0.1, -0.05) is 13.8 Å². The van der Waals surface area contributed by atoms with Crippen molar-refractivity contribution < 1.29 is 4.74 Å². The maximum absolute atomic E-state index is 5.07. The quantitative estimate of drug-likeness (QED) is 0.470. The van der Waals surface area contributed by atoms with Crippen LogP contribution in [-0.4, -0.2) is 30.6 Å². The van der Waals surface area contributed by atoms with Gasteiger partial charge in [0.2, 0.25) is 0 Å². The maximum atomic E-state index is 5.07. The van der Waals surface area contributed by atoms with Crippen LogP contribution in [0.1, 0.15) is 13.8 Å². The van der Waals surface area contributed by atoms with E-state index in [1.807, 2.05) is 13.8 Å². The number of fused-ring (bicyclic) bond motifs is 1. The number of likely N-dealkylation sites (N-methyl/N-ethyl adjacent to an activating group) is 1. The molecule has 1 fully saturated rings. The van der Waals surface area contributed by atoms with Gasteiger partial charge in [0.25, 0.3) is 0 Å². The van der Waals surface area contributed by atoms with Crippen LogP contribution in [0.3, 0.4) is 0 Å². The monoisotopic (exact) mass is 141 g/mol. The molecule has 0 aliphatic carbocycles. The first-order valence-electron chi connectivity index (χ1n) is 3.90. The third kappa shape index (κ3) is 1.16. The van der Waals surface area contributed by atoms with Crippen molar-refractivity contribution >= 4 is 0 Å². The molecule has 2 aliphatic heterocycles. The van der Waals surface area contributed by atoms with Crippen molar-refractivity contribution in [2.45, 2.75) is 25.9 Å². The predicted octanol–water partition coefficient (Wildman–Crippen LogP) is 1.24. The van der Waals surface area contributed by atoms with E-state index in [0.29, 0.717) is 12.1 Å². The first-order valence-corrected chi connectivity index (χ1v) is 3.90. The molecule has 0 aromatic rings. The Bertz CT molecular complexity index is 133. The largest absolute Gasteiger partial charge is 0.500 e. The minimum Gasteiger partial charge on any atom is -0.500 e. The van der Waals surface area contributed by atoms with Crippen molar-refractivity contribution in [1.82, 2.24) is 4.90 Å². The zero-order valence-electron chi connectivity index (χ0n) is 6.87. The standard InChI is InChI=1S/C6H9NO.C2H6/c1-7-5-2-3-8-4-6(5)7;1-2/h2-3,5-6H,4H2,1H3;1-2H3. The molecule has 3 unspecified atom stereocenters. The molecule has 0 amide bonds. The molecule has 0 bridgehead atoms. The van der Waals surface area contributed by atoms with E-state index >= 15 is 0 Å². The minimum absolute atomic E-state index is 0.694. The normalized spacial score (nSPS) is 40.5. The van der Waals surface area contributed by atoms with Crippen LogP contribution >= 0.6 is 0 Å². The van der Waals surface area contributed by atoms with Crippen molar-refractivity contribution in [1.29, 1.82) is 0 Å². The lowest BCUT2D eigenvalue weighted by molar-refractivity contribution is 0.234. The highest BCUT2D eigenvalue weighted by Gasteiger charge is 2.44. The van der Waals surface area contributed by atoms with Gasteiger partial charge in [-0.15, -0.1) is 0 Å². The fourth-order valence-corrected chi connectivity index (χ4v) is 1.20. The number of ether oxygens (including phenoxy) is 1. The zero-order chi connectivity index (χ0) is 7.56. The molecule has 1 saturated heterocycles. The fourth-order valence-electron chi connectivity index (χ4n) is 1.20. The maximum Gasteiger partial charge on any atom is 0.105 e. The smallest absolute Gasteiger partial charge is 0.105 e. The minimum atomic E-state index is 0.694. The van der Waals surface area contributed by atoms with Crippen LogP contribution in [0, 0.1) is 0 Å². The Morgan fingerprint density at radius 1 is 1.50 bits per heavy atom. The first-order chi connectivity index (χ1) is 4.89. The van der Waals surface area contributed by atoms with Crippen molar-refractivity contribution in [3.63, 3.8) is 0 Å². The fraction of sp³-hybridized carbons (Fsp3) is 0.750. The van der Waals surface area contributed by atoms with E-state index in [4.69, 9.17) is 4.74 Å². The molecule has 2 rings (SSSR count). The molecule has 10 heavy (non-hydrogen) atoms. The number of hydrogen-bond acceptors (Lipinski definition) is 2. The van der Waals surface area contributed by atoms with E-state index in [-0.39, 0.29) is 0 Å². The summed E-state index contributed by atoms with van der Waals surface area (Å²) in [6, 6.07) is 1.39. The summed E-state index contributed by atoms with van der Waals surface area (Å²) in [4.78, 5) is 2.30. The zero-order valence-corrected chi connectivity index (χ0v) is 6.87. The number of nitrogens with zero attached hydrogens (tertiary/aromatic N) is 1. The summed E-state index contributed by atoms with van der Waals surface area (Å²) in [6.45, 7) is 4.89. The second kappa shape index (κ2) is 3.06. The van der Waals surface area contributed by atoms with Crippen LogP contribution in [-0.2, 0) is 4.74 Å². The van der Waals surface area contributed by atoms with E-state index in [9.17, 15) is 0 Å². The molecule has 2 nitrogen and oxygen atoms in total. The molecule has 0 spiro atoms. The SMILES string of the molecule is CC.CN1C2C=COCC21. The first kappa shape index (κ1) is 7.61.